The lowest BCUT2D eigenvalue weighted by Crippen LogP contribution is -2.31. The van der Waals surface area contributed by atoms with Gasteiger partial charge in [0.2, 0.25) is 0 Å². The van der Waals surface area contributed by atoms with E-state index in [0.29, 0.717) is 6.54 Å². The van der Waals surface area contributed by atoms with Crippen LogP contribution in [0.15, 0.2) is 85.2 Å². The lowest BCUT2D eigenvalue weighted by molar-refractivity contribution is 0.720. The number of pyridine rings is 1. The molecule has 1 aliphatic rings. The van der Waals surface area contributed by atoms with Crippen LogP contribution in [0, 0.1) is 0 Å². The van der Waals surface area contributed by atoms with Crippen LogP contribution < -0.4 is 10.2 Å². The number of nitrogens with one attached hydrogen (secondary N) is 1. The van der Waals surface area contributed by atoms with Gasteiger partial charge in [-0.15, -0.1) is 0 Å². The number of aromatic nitrogens is 3. The van der Waals surface area contributed by atoms with Gasteiger partial charge in [0, 0.05) is 43.7 Å². The molecule has 5 nitrogen and oxygen atoms in total. The van der Waals surface area contributed by atoms with Crippen molar-refractivity contribution < 1.29 is 0 Å². The first-order valence-corrected chi connectivity index (χ1v) is 10.2. The SMILES string of the molecule is c1ccc(-c2nc(NCc3ccncc3)cc(N3CCc4ccccc4C3)n2)cc1. The minimum atomic E-state index is 0.691. The molecule has 0 spiro atoms. The minimum Gasteiger partial charge on any atom is -0.366 e. The van der Waals surface area contributed by atoms with Crippen molar-refractivity contribution in [3.63, 3.8) is 0 Å². The highest BCUT2D eigenvalue weighted by atomic mass is 15.2. The number of hydrogen-bond acceptors (Lipinski definition) is 5. The maximum Gasteiger partial charge on any atom is 0.163 e. The Balaban J connectivity index is 1.47. The largest absolute Gasteiger partial charge is 0.366 e. The summed E-state index contributed by atoms with van der Waals surface area (Å²) in [5.41, 5.74) is 4.99. The van der Waals surface area contributed by atoms with Crippen LogP contribution in [0.5, 0.6) is 0 Å². The van der Waals surface area contributed by atoms with Crippen LogP contribution in [0.2, 0.25) is 0 Å². The van der Waals surface area contributed by atoms with Crippen LogP contribution in [-0.4, -0.2) is 21.5 Å². The van der Waals surface area contributed by atoms with Crippen LogP contribution in [0.3, 0.4) is 0 Å². The van der Waals surface area contributed by atoms with Crippen molar-refractivity contribution in [3.05, 3.63) is 102 Å². The van der Waals surface area contributed by atoms with Crippen LogP contribution in [0.25, 0.3) is 11.4 Å². The Bertz CT molecular complexity index is 1130. The fourth-order valence-electron chi connectivity index (χ4n) is 3.79. The van der Waals surface area contributed by atoms with Crippen LogP contribution in [-0.2, 0) is 19.5 Å². The van der Waals surface area contributed by atoms with Gasteiger partial charge in [-0.1, -0.05) is 54.6 Å². The first-order chi connectivity index (χ1) is 14.8. The molecule has 1 aliphatic heterocycles. The highest BCUT2D eigenvalue weighted by Gasteiger charge is 2.19. The molecule has 2 aromatic carbocycles. The Labute approximate surface area is 176 Å². The summed E-state index contributed by atoms with van der Waals surface area (Å²) in [7, 11) is 0. The Kier molecular flexibility index (Phi) is 5.08. The lowest BCUT2D eigenvalue weighted by Gasteiger charge is -2.30. The van der Waals surface area contributed by atoms with Crippen LogP contribution in [0.1, 0.15) is 16.7 Å². The lowest BCUT2D eigenvalue weighted by atomic mass is 10.00. The summed E-state index contributed by atoms with van der Waals surface area (Å²) in [5.74, 6) is 2.52. The van der Waals surface area contributed by atoms with Gasteiger partial charge in [-0.3, -0.25) is 4.98 Å². The van der Waals surface area contributed by atoms with E-state index in [1.165, 1.54) is 16.7 Å². The Morgan fingerprint density at radius 3 is 2.43 bits per heavy atom. The maximum absolute atomic E-state index is 4.92. The van der Waals surface area contributed by atoms with Gasteiger partial charge in [-0.05, 0) is 35.2 Å². The highest BCUT2D eigenvalue weighted by Crippen LogP contribution is 2.27. The molecule has 5 rings (SSSR count). The second-order valence-electron chi connectivity index (χ2n) is 7.45. The quantitative estimate of drug-likeness (QED) is 0.532. The molecule has 5 heteroatoms. The van der Waals surface area contributed by atoms with Gasteiger partial charge in [-0.2, -0.15) is 0 Å². The van der Waals surface area contributed by atoms with Crippen molar-refractivity contribution in [2.24, 2.45) is 0 Å². The zero-order chi connectivity index (χ0) is 20.2. The summed E-state index contributed by atoms with van der Waals surface area (Å²) in [5, 5.41) is 3.46. The molecular weight excluding hydrogens is 370 g/mol. The Hall–Kier alpha value is -3.73. The third-order valence-electron chi connectivity index (χ3n) is 5.42. The van der Waals surface area contributed by atoms with Gasteiger partial charge < -0.3 is 10.2 Å². The number of hydrogen-bond donors (Lipinski definition) is 1. The third kappa shape index (κ3) is 4.01. The van der Waals surface area contributed by atoms with Gasteiger partial charge >= 0.3 is 0 Å². The molecule has 0 atom stereocenters. The third-order valence-corrected chi connectivity index (χ3v) is 5.42. The van der Waals surface area contributed by atoms with Crippen LogP contribution >= 0.6 is 0 Å². The fourth-order valence-corrected chi connectivity index (χ4v) is 3.79. The molecule has 0 unspecified atom stereocenters. The average molecular weight is 393 g/mol. The first-order valence-electron chi connectivity index (χ1n) is 10.2. The molecule has 2 aromatic heterocycles. The van der Waals surface area contributed by atoms with Crippen molar-refractivity contribution in [3.8, 4) is 11.4 Å². The maximum atomic E-state index is 4.92. The number of benzene rings is 2. The van der Waals surface area contributed by atoms with Gasteiger partial charge in [0.15, 0.2) is 5.82 Å². The van der Waals surface area contributed by atoms with Gasteiger partial charge in [0.05, 0.1) is 0 Å². The monoisotopic (exact) mass is 393 g/mol. The molecule has 0 aliphatic carbocycles. The smallest absolute Gasteiger partial charge is 0.163 e. The predicted molar refractivity (Wildman–Crippen MR) is 120 cm³/mol. The molecule has 148 valence electrons. The van der Waals surface area contributed by atoms with Crippen molar-refractivity contribution in [1.29, 1.82) is 0 Å². The molecule has 1 N–H and O–H groups in total. The topological polar surface area (TPSA) is 53.9 Å². The summed E-state index contributed by atoms with van der Waals surface area (Å²) in [6, 6.07) is 24.9. The number of nitrogens with zero attached hydrogens (tertiary/aromatic N) is 4. The van der Waals surface area contributed by atoms with Crippen LogP contribution in [0.4, 0.5) is 11.6 Å². The molecule has 0 fully saturated rings. The fraction of sp³-hybridized carbons (Fsp3) is 0.160. The van der Waals surface area contributed by atoms with E-state index >= 15 is 0 Å². The zero-order valence-corrected chi connectivity index (χ0v) is 16.7. The van der Waals surface area contributed by atoms with Crippen molar-refractivity contribution >= 4 is 11.6 Å². The van der Waals surface area contributed by atoms with Gasteiger partial charge in [0.25, 0.3) is 0 Å². The highest BCUT2D eigenvalue weighted by molar-refractivity contribution is 5.62. The second-order valence-corrected chi connectivity index (χ2v) is 7.45. The molecule has 30 heavy (non-hydrogen) atoms. The van der Waals surface area contributed by atoms with Gasteiger partial charge in [0.1, 0.15) is 11.6 Å². The molecule has 0 bridgehead atoms. The van der Waals surface area contributed by atoms with E-state index in [-0.39, 0.29) is 0 Å². The normalized spacial score (nSPS) is 13.0. The molecule has 0 radical (unpaired) electrons. The molecular formula is C25H23N5. The van der Waals surface area contributed by atoms with Crippen molar-refractivity contribution in [2.45, 2.75) is 19.5 Å². The molecule has 3 heterocycles. The average Bonchev–Trinajstić information content (AvgIpc) is 2.83. The Morgan fingerprint density at radius 2 is 1.60 bits per heavy atom. The summed E-state index contributed by atoms with van der Waals surface area (Å²) in [4.78, 5) is 16.1. The number of rotatable bonds is 5. The second kappa shape index (κ2) is 8.33. The molecule has 0 amide bonds. The van der Waals surface area contributed by atoms with E-state index in [2.05, 4.69) is 57.7 Å². The minimum absolute atomic E-state index is 0.691. The predicted octanol–water partition coefficient (Wildman–Crippen LogP) is 4.71. The van der Waals surface area contributed by atoms with Gasteiger partial charge in [-0.25, -0.2) is 9.97 Å². The first kappa shape index (κ1) is 18.3. The standard InChI is InChI=1S/C25H23N5/c1-2-7-21(8-3-1)25-28-23(27-17-19-10-13-26-14-11-19)16-24(29-25)30-15-12-20-6-4-5-9-22(20)18-30/h1-11,13-14,16H,12,15,17-18H2,(H,27,28,29). The molecule has 0 saturated heterocycles. The van der Waals surface area contributed by atoms with E-state index in [1.807, 2.05) is 42.7 Å². The van der Waals surface area contributed by atoms with E-state index in [0.717, 1.165) is 42.5 Å². The zero-order valence-electron chi connectivity index (χ0n) is 16.7. The molecule has 4 aromatic rings. The van der Waals surface area contributed by atoms with E-state index in [1.54, 1.807) is 0 Å². The Morgan fingerprint density at radius 1 is 0.833 bits per heavy atom. The number of anilines is 2. The van der Waals surface area contributed by atoms with Crippen molar-refractivity contribution in [2.75, 3.05) is 16.8 Å². The van der Waals surface area contributed by atoms with Crippen molar-refractivity contribution in [1.82, 2.24) is 15.0 Å². The van der Waals surface area contributed by atoms with E-state index in [9.17, 15) is 0 Å². The van der Waals surface area contributed by atoms with E-state index in [4.69, 9.17) is 9.97 Å². The summed E-state index contributed by atoms with van der Waals surface area (Å²) >= 11 is 0. The summed E-state index contributed by atoms with van der Waals surface area (Å²) in [6.07, 6.45) is 4.65. The number of fused-ring (bicyclic) bond motifs is 1. The summed E-state index contributed by atoms with van der Waals surface area (Å²) < 4.78 is 0. The summed E-state index contributed by atoms with van der Waals surface area (Å²) in [6.45, 7) is 2.51. The molecule has 0 saturated carbocycles. The van der Waals surface area contributed by atoms with E-state index < -0.39 is 0 Å².